The Labute approximate surface area is 103 Å². The Hall–Kier alpha value is -1.86. The molecular formula is C11H7F5O3. The number of hydrogen-bond acceptors (Lipinski definition) is 2. The largest absolute Gasteiger partial charge is 0.573 e. The standard InChI is InChI=1S/C11H7F5O3/c12-10(13)5-9(10,8(17)18)6-3-1-2-4-7(6)19-11(14,15)16/h1-4H,5H2,(H,17,18). The lowest BCUT2D eigenvalue weighted by molar-refractivity contribution is -0.275. The van der Waals surface area contributed by atoms with E-state index in [9.17, 15) is 26.7 Å². The molecule has 1 atom stereocenters. The summed E-state index contributed by atoms with van der Waals surface area (Å²) in [5.41, 5.74) is -3.32. The number of hydrogen-bond donors (Lipinski definition) is 1. The second-order valence-electron chi connectivity index (χ2n) is 4.14. The van der Waals surface area contributed by atoms with Gasteiger partial charge in [-0.25, -0.2) is 8.78 Å². The molecule has 0 radical (unpaired) electrons. The number of aliphatic carboxylic acids is 1. The highest BCUT2D eigenvalue weighted by Gasteiger charge is 2.78. The average molecular weight is 282 g/mol. The highest BCUT2D eigenvalue weighted by atomic mass is 19.4. The van der Waals surface area contributed by atoms with E-state index in [4.69, 9.17) is 5.11 Å². The molecule has 1 fully saturated rings. The maximum absolute atomic E-state index is 13.3. The van der Waals surface area contributed by atoms with Crippen LogP contribution in [0, 0.1) is 0 Å². The van der Waals surface area contributed by atoms with Crippen molar-refractivity contribution >= 4 is 5.97 Å². The van der Waals surface area contributed by atoms with Crippen molar-refractivity contribution in [2.45, 2.75) is 24.1 Å². The lowest BCUT2D eigenvalue weighted by atomic mass is 9.94. The van der Waals surface area contributed by atoms with Gasteiger partial charge in [0.1, 0.15) is 5.75 Å². The van der Waals surface area contributed by atoms with Crippen LogP contribution >= 0.6 is 0 Å². The van der Waals surface area contributed by atoms with E-state index in [0.717, 1.165) is 18.2 Å². The molecule has 1 aromatic carbocycles. The van der Waals surface area contributed by atoms with Crippen LogP contribution in [0.1, 0.15) is 12.0 Å². The number of carboxylic acid groups (broad SMARTS) is 1. The van der Waals surface area contributed by atoms with E-state index in [1.54, 1.807) is 0 Å². The number of benzene rings is 1. The zero-order valence-corrected chi connectivity index (χ0v) is 9.17. The zero-order valence-electron chi connectivity index (χ0n) is 9.17. The van der Waals surface area contributed by atoms with Gasteiger partial charge < -0.3 is 9.84 Å². The first-order chi connectivity index (χ1) is 8.60. The molecule has 0 heterocycles. The molecule has 2 rings (SSSR count). The predicted molar refractivity (Wildman–Crippen MR) is 52.0 cm³/mol. The lowest BCUT2D eigenvalue weighted by Gasteiger charge is -2.17. The van der Waals surface area contributed by atoms with Crippen LogP contribution in [0.4, 0.5) is 22.0 Å². The first kappa shape index (κ1) is 13.6. The van der Waals surface area contributed by atoms with Crippen molar-refractivity contribution in [3.05, 3.63) is 29.8 Å². The van der Waals surface area contributed by atoms with Crippen LogP contribution in [0.5, 0.6) is 5.75 Å². The molecule has 0 amide bonds. The highest BCUT2D eigenvalue weighted by molar-refractivity contribution is 5.88. The fourth-order valence-corrected chi connectivity index (χ4v) is 1.96. The molecule has 0 bridgehead atoms. The van der Waals surface area contributed by atoms with Gasteiger partial charge in [-0.3, -0.25) is 4.79 Å². The summed E-state index contributed by atoms with van der Waals surface area (Å²) in [6.07, 6.45) is -6.13. The molecule has 19 heavy (non-hydrogen) atoms. The van der Waals surface area contributed by atoms with Crippen molar-refractivity contribution in [2.24, 2.45) is 0 Å². The van der Waals surface area contributed by atoms with E-state index in [1.807, 2.05) is 0 Å². The minimum atomic E-state index is -5.08. The molecule has 0 aromatic heterocycles. The van der Waals surface area contributed by atoms with Gasteiger partial charge >= 0.3 is 12.3 Å². The molecule has 0 spiro atoms. The van der Waals surface area contributed by atoms with Crippen LogP contribution in [0.3, 0.4) is 0 Å². The Bertz CT molecular complexity index is 525. The van der Waals surface area contributed by atoms with Crippen molar-refractivity contribution in [3.8, 4) is 5.75 Å². The SMILES string of the molecule is O=C(O)C1(c2ccccc2OC(F)(F)F)CC1(F)F. The molecule has 1 aliphatic carbocycles. The summed E-state index contributed by atoms with van der Waals surface area (Å²) >= 11 is 0. The van der Waals surface area contributed by atoms with Crippen LogP contribution < -0.4 is 4.74 Å². The Kier molecular flexibility index (Phi) is 2.72. The summed E-state index contributed by atoms with van der Waals surface area (Å²) in [6.45, 7) is 0. The van der Waals surface area contributed by atoms with Crippen LogP contribution in [0.25, 0.3) is 0 Å². The Morgan fingerprint density at radius 1 is 1.26 bits per heavy atom. The van der Waals surface area contributed by atoms with Gasteiger partial charge in [0.15, 0.2) is 5.41 Å². The van der Waals surface area contributed by atoms with Crippen molar-refractivity contribution in [1.29, 1.82) is 0 Å². The van der Waals surface area contributed by atoms with Crippen molar-refractivity contribution in [2.75, 3.05) is 0 Å². The van der Waals surface area contributed by atoms with Crippen LogP contribution in [-0.4, -0.2) is 23.4 Å². The van der Waals surface area contributed by atoms with E-state index in [1.165, 1.54) is 6.07 Å². The number of para-hydroxylation sites is 1. The number of alkyl halides is 5. The fraction of sp³-hybridized carbons (Fsp3) is 0.364. The highest BCUT2D eigenvalue weighted by Crippen LogP contribution is 2.63. The number of carbonyl (C=O) groups is 1. The Balaban J connectivity index is 2.49. The minimum absolute atomic E-state index is 0.676. The molecule has 3 nitrogen and oxygen atoms in total. The Morgan fingerprint density at radius 3 is 2.21 bits per heavy atom. The van der Waals surface area contributed by atoms with Gasteiger partial charge in [0, 0.05) is 12.0 Å². The molecule has 1 aliphatic rings. The van der Waals surface area contributed by atoms with E-state index in [-0.39, 0.29) is 0 Å². The Morgan fingerprint density at radius 2 is 1.79 bits per heavy atom. The zero-order chi connectivity index (χ0) is 14.5. The molecule has 1 unspecified atom stereocenters. The summed E-state index contributed by atoms with van der Waals surface area (Å²) < 4.78 is 66.7. The third kappa shape index (κ3) is 2.11. The molecule has 104 valence electrons. The van der Waals surface area contributed by atoms with Gasteiger partial charge in [0.25, 0.3) is 5.92 Å². The second-order valence-corrected chi connectivity index (χ2v) is 4.14. The monoisotopic (exact) mass is 282 g/mol. The van der Waals surface area contributed by atoms with Gasteiger partial charge in [0.2, 0.25) is 0 Å². The maximum atomic E-state index is 13.3. The van der Waals surface area contributed by atoms with Gasteiger partial charge in [0.05, 0.1) is 0 Å². The number of halogens is 5. The number of carboxylic acids is 1. The van der Waals surface area contributed by atoms with Gasteiger partial charge in [-0.05, 0) is 6.07 Å². The molecule has 0 saturated heterocycles. The topological polar surface area (TPSA) is 46.5 Å². The van der Waals surface area contributed by atoms with Crippen LogP contribution in [0.15, 0.2) is 24.3 Å². The maximum Gasteiger partial charge on any atom is 0.573 e. The van der Waals surface area contributed by atoms with E-state index in [2.05, 4.69) is 4.74 Å². The normalized spacial score (nSPS) is 24.9. The first-order valence-corrected chi connectivity index (χ1v) is 5.07. The lowest BCUT2D eigenvalue weighted by Crippen LogP contribution is -2.29. The van der Waals surface area contributed by atoms with Gasteiger partial charge in [-0.1, -0.05) is 18.2 Å². The molecule has 1 aromatic rings. The molecule has 1 N–H and O–H groups in total. The smallest absolute Gasteiger partial charge is 0.480 e. The van der Waals surface area contributed by atoms with Gasteiger partial charge in [-0.15, -0.1) is 13.2 Å². The van der Waals surface area contributed by atoms with Gasteiger partial charge in [-0.2, -0.15) is 0 Å². The van der Waals surface area contributed by atoms with Crippen LogP contribution in [-0.2, 0) is 10.2 Å². The fourth-order valence-electron chi connectivity index (χ4n) is 1.96. The average Bonchev–Trinajstić information content (AvgIpc) is 2.81. The van der Waals surface area contributed by atoms with E-state index >= 15 is 0 Å². The molecule has 0 aliphatic heterocycles. The quantitative estimate of drug-likeness (QED) is 0.867. The summed E-state index contributed by atoms with van der Waals surface area (Å²) in [6, 6.07) is 4.02. The van der Waals surface area contributed by atoms with E-state index < -0.39 is 41.4 Å². The van der Waals surface area contributed by atoms with Crippen LogP contribution in [0.2, 0.25) is 0 Å². The van der Waals surface area contributed by atoms with E-state index in [0.29, 0.717) is 0 Å². The third-order valence-corrected chi connectivity index (χ3v) is 2.92. The van der Waals surface area contributed by atoms with Crippen molar-refractivity contribution < 1.29 is 36.6 Å². The second kappa shape index (κ2) is 3.82. The molecule has 1 saturated carbocycles. The predicted octanol–water partition coefficient (Wildman–Crippen LogP) is 2.95. The molecule has 8 heteroatoms. The third-order valence-electron chi connectivity index (χ3n) is 2.92. The first-order valence-electron chi connectivity index (χ1n) is 5.07. The summed E-state index contributed by atoms with van der Waals surface area (Å²) in [4.78, 5) is 11.0. The summed E-state index contributed by atoms with van der Waals surface area (Å²) in [5, 5.41) is 8.90. The minimum Gasteiger partial charge on any atom is -0.480 e. The summed E-state index contributed by atoms with van der Waals surface area (Å²) in [7, 11) is 0. The number of rotatable bonds is 3. The number of ether oxygens (including phenoxy) is 1. The summed E-state index contributed by atoms with van der Waals surface area (Å²) in [5.74, 6) is -6.39. The molecular weight excluding hydrogens is 275 g/mol. The van der Waals surface area contributed by atoms with Crippen molar-refractivity contribution in [1.82, 2.24) is 0 Å². The van der Waals surface area contributed by atoms with Crippen molar-refractivity contribution in [3.63, 3.8) is 0 Å².